The Hall–Kier alpha value is -1.04. The van der Waals surface area contributed by atoms with Gasteiger partial charge in [-0.2, -0.15) is 0 Å². The van der Waals surface area contributed by atoms with Crippen molar-refractivity contribution in [1.82, 2.24) is 15.1 Å². The highest BCUT2D eigenvalue weighted by molar-refractivity contribution is 6.44. The van der Waals surface area contributed by atoms with Gasteiger partial charge in [-0.25, -0.2) is 9.18 Å². The molecular weight excluding hydrogens is 328 g/mol. The SMILES string of the molecule is Cc1ccc([C@H](NC(=O)N2CCN(C)CC2)C(Cl)Cl)cc1F. The van der Waals surface area contributed by atoms with E-state index >= 15 is 0 Å². The Kier molecular flexibility index (Phi) is 5.89. The van der Waals surface area contributed by atoms with Crippen molar-refractivity contribution >= 4 is 29.2 Å². The average Bonchev–Trinajstić information content (AvgIpc) is 2.48. The quantitative estimate of drug-likeness (QED) is 0.853. The van der Waals surface area contributed by atoms with Crippen LogP contribution < -0.4 is 5.32 Å². The number of urea groups is 1. The molecule has 0 saturated carbocycles. The monoisotopic (exact) mass is 347 g/mol. The van der Waals surface area contributed by atoms with E-state index in [4.69, 9.17) is 23.2 Å². The van der Waals surface area contributed by atoms with Gasteiger partial charge in [0.2, 0.25) is 0 Å². The molecule has 0 aromatic heterocycles. The first-order valence-electron chi connectivity index (χ1n) is 7.16. The Bertz CT molecular complexity index is 534. The molecule has 1 atom stereocenters. The third-order valence-electron chi connectivity index (χ3n) is 3.88. The Morgan fingerprint density at radius 2 is 1.91 bits per heavy atom. The molecule has 0 radical (unpaired) electrons. The maximum absolute atomic E-state index is 13.7. The highest BCUT2D eigenvalue weighted by Crippen LogP contribution is 2.26. The van der Waals surface area contributed by atoms with Crippen LogP contribution in [0, 0.1) is 12.7 Å². The first-order valence-corrected chi connectivity index (χ1v) is 8.04. The van der Waals surface area contributed by atoms with Crippen LogP contribution in [-0.2, 0) is 0 Å². The topological polar surface area (TPSA) is 35.6 Å². The van der Waals surface area contributed by atoms with Crippen LogP contribution in [0.1, 0.15) is 17.2 Å². The van der Waals surface area contributed by atoms with Crippen molar-refractivity contribution in [3.8, 4) is 0 Å². The van der Waals surface area contributed by atoms with Gasteiger partial charge in [-0.05, 0) is 31.2 Å². The summed E-state index contributed by atoms with van der Waals surface area (Å²) in [5.74, 6) is -0.342. The van der Waals surface area contributed by atoms with Crippen LogP contribution in [0.25, 0.3) is 0 Å². The van der Waals surface area contributed by atoms with Crippen LogP contribution in [0.5, 0.6) is 0 Å². The molecule has 2 rings (SSSR count). The lowest BCUT2D eigenvalue weighted by Crippen LogP contribution is -2.51. The van der Waals surface area contributed by atoms with Gasteiger partial charge in [-0.1, -0.05) is 12.1 Å². The molecule has 122 valence electrons. The van der Waals surface area contributed by atoms with Gasteiger partial charge in [0.15, 0.2) is 0 Å². The molecule has 22 heavy (non-hydrogen) atoms. The van der Waals surface area contributed by atoms with E-state index in [0.717, 1.165) is 13.1 Å². The number of halogens is 3. The van der Waals surface area contributed by atoms with Gasteiger partial charge in [0.05, 0.1) is 6.04 Å². The predicted octanol–water partition coefficient (Wildman–Crippen LogP) is 2.94. The van der Waals surface area contributed by atoms with E-state index in [-0.39, 0.29) is 11.8 Å². The van der Waals surface area contributed by atoms with Gasteiger partial charge in [-0.3, -0.25) is 0 Å². The third-order valence-corrected chi connectivity index (χ3v) is 4.38. The lowest BCUT2D eigenvalue weighted by molar-refractivity contribution is 0.152. The van der Waals surface area contributed by atoms with E-state index < -0.39 is 10.9 Å². The van der Waals surface area contributed by atoms with Gasteiger partial charge >= 0.3 is 6.03 Å². The molecule has 0 unspecified atom stereocenters. The smallest absolute Gasteiger partial charge is 0.318 e. The number of carbonyl (C=O) groups is 1. The van der Waals surface area contributed by atoms with Crippen LogP contribution in [0.15, 0.2) is 18.2 Å². The number of rotatable bonds is 3. The number of likely N-dealkylation sites (N-methyl/N-ethyl adjacent to an activating group) is 1. The zero-order chi connectivity index (χ0) is 16.3. The number of alkyl halides is 2. The summed E-state index contributed by atoms with van der Waals surface area (Å²) in [6.07, 6.45) is 0. The molecule has 1 aromatic rings. The van der Waals surface area contributed by atoms with Crippen LogP contribution in [0.4, 0.5) is 9.18 Å². The van der Waals surface area contributed by atoms with Crippen LogP contribution >= 0.6 is 23.2 Å². The summed E-state index contributed by atoms with van der Waals surface area (Å²) in [5.41, 5.74) is 1.09. The largest absolute Gasteiger partial charge is 0.328 e. The Morgan fingerprint density at radius 3 is 2.45 bits per heavy atom. The van der Waals surface area contributed by atoms with Gasteiger partial charge in [-0.15, -0.1) is 23.2 Å². The van der Waals surface area contributed by atoms with Crippen molar-refractivity contribution in [2.75, 3.05) is 33.2 Å². The van der Waals surface area contributed by atoms with Crippen molar-refractivity contribution in [3.05, 3.63) is 35.1 Å². The molecule has 7 heteroatoms. The Balaban J connectivity index is 2.08. The van der Waals surface area contributed by atoms with Gasteiger partial charge in [0, 0.05) is 26.2 Å². The average molecular weight is 348 g/mol. The maximum Gasteiger partial charge on any atom is 0.318 e. The van der Waals surface area contributed by atoms with Crippen LogP contribution in [0.3, 0.4) is 0 Å². The van der Waals surface area contributed by atoms with E-state index in [1.807, 2.05) is 7.05 Å². The summed E-state index contributed by atoms with van der Waals surface area (Å²) in [5, 5.41) is 2.80. The molecule has 0 spiro atoms. The summed E-state index contributed by atoms with van der Waals surface area (Å²) < 4.78 is 13.7. The lowest BCUT2D eigenvalue weighted by atomic mass is 10.1. The van der Waals surface area contributed by atoms with Crippen molar-refractivity contribution in [1.29, 1.82) is 0 Å². The molecule has 1 saturated heterocycles. The number of benzene rings is 1. The minimum Gasteiger partial charge on any atom is -0.328 e. The Morgan fingerprint density at radius 1 is 1.27 bits per heavy atom. The van der Waals surface area contributed by atoms with Crippen LogP contribution in [-0.4, -0.2) is 53.9 Å². The summed E-state index contributed by atoms with van der Waals surface area (Å²) in [4.78, 5) is 15.3. The summed E-state index contributed by atoms with van der Waals surface area (Å²) in [7, 11) is 2.01. The zero-order valence-corrected chi connectivity index (χ0v) is 14.2. The number of amides is 2. The number of aryl methyl sites for hydroxylation is 1. The van der Waals surface area contributed by atoms with E-state index in [1.165, 1.54) is 6.07 Å². The molecule has 1 aliphatic rings. The van der Waals surface area contributed by atoms with E-state index in [2.05, 4.69) is 10.2 Å². The highest BCUT2D eigenvalue weighted by Gasteiger charge is 2.26. The van der Waals surface area contributed by atoms with E-state index in [9.17, 15) is 9.18 Å². The number of piperazine rings is 1. The molecule has 1 heterocycles. The fourth-order valence-electron chi connectivity index (χ4n) is 2.33. The third kappa shape index (κ3) is 4.24. The second-order valence-corrected chi connectivity index (χ2v) is 6.72. The second kappa shape index (κ2) is 7.49. The zero-order valence-electron chi connectivity index (χ0n) is 12.7. The van der Waals surface area contributed by atoms with Crippen molar-refractivity contribution in [3.63, 3.8) is 0 Å². The molecular formula is C15H20Cl2FN3O. The standard InChI is InChI=1S/C15H20Cl2FN3O/c1-10-3-4-11(9-12(10)18)13(14(16)17)19-15(22)21-7-5-20(2)6-8-21/h3-4,9,13-14H,5-8H2,1-2H3,(H,19,22)/t13-/m0/s1. The second-order valence-electron chi connectivity index (χ2n) is 5.56. The highest BCUT2D eigenvalue weighted by atomic mass is 35.5. The lowest BCUT2D eigenvalue weighted by Gasteiger charge is -2.33. The molecule has 2 amide bonds. The molecule has 1 N–H and O–H groups in total. The number of hydrogen-bond donors (Lipinski definition) is 1. The predicted molar refractivity (Wildman–Crippen MR) is 87.0 cm³/mol. The summed E-state index contributed by atoms with van der Waals surface area (Å²) >= 11 is 12.0. The molecule has 0 bridgehead atoms. The first kappa shape index (κ1) is 17.3. The molecule has 0 aliphatic carbocycles. The van der Waals surface area contributed by atoms with Crippen molar-refractivity contribution in [2.45, 2.75) is 17.8 Å². The summed E-state index contributed by atoms with van der Waals surface area (Å²) in [6, 6.07) is 3.86. The van der Waals surface area contributed by atoms with E-state index in [0.29, 0.717) is 24.2 Å². The first-order chi connectivity index (χ1) is 10.4. The van der Waals surface area contributed by atoms with Gasteiger partial charge < -0.3 is 15.1 Å². The molecule has 1 aliphatic heterocycles. The molecule has 1 fully saturated rings. The molecule has 1 aromatic carbocycles. The number of hydrogen-bond acceptors (Lipinski definition) is 2. The minimum atomic E-state index is -0.862. The van der Waals surface area contributed by atoms with Crippen LogP contribution in [0.2, 0.25) is 0 Å². The fourth-order valence-corrected chi connectivity index (χ4v) is 2.75. The van der Waals surface area contributed by atoms with Gasteiger partial charge in [0.25, 0.3) is 0 Å². The fraction of sp³-hybridized carbons (Fsp3) is 0.533. The van der Waals surface area contributed by atoms with Crippen molar-refractivity contribution < 1.29 is 9.18 Å². The van der Waals surface area contributed by atoms with Gasteiger partial charge in [0.1, 0.15) is 10.7 Å². The number of nitrogens with zero attached hydrogens (tertiary/aromatic N) is 2. The summed E-state index contributed by atoms with van der Waals surface area (Å²) in [6.45, 7) is 4.61. The minimum absolute atomic E-state index is 0.231. The maximum atomic E-state index is 13.7. The number of carbonyl (C=O) groups excluding carboxylic acids is 1. The number of nitrogens with one attached hydrogen (secondary N) is 1. The molecule has 4 nitrogen and oxygen atoms in total. The van der Waals surface area contributed by atoms with E-state index in [1.54, 1.807) is 24.0 Å². The van der Waals surface area contributed by atoms with Crippen molar-refractivity contribution in [2.24, 2.45) is 0 Å². The normalized spacial score (nSPS) is 17.6. The Labute approximate surface area is 140 Å².